The van der Waals surface area contributed by atoms with E-state index < -0.39 is 10.7 Å². The van der Waals surface area contributed by atoms with Crippen LogP contribution >= 0.6 is 11.8 Å². The fraction of sp³-hybridized carbons (Fsp3) is 0.417. The van der Waals surface area contributed by atoms with Gasteiger partial charge in [-0.05, 0) is 41.1 Å². The molecule has 1 aliphatic heterocycles. The van der Waals surface area contributed by atoms with Gasteiger partial charge in [0.2, 0.25) is 5.16 Å². The molecule has 10 heteroatoms. The number of hydrogen-bond acceptors (Lipinski definition) is 7. The van der Waals surface area contributed by atoms with Crippen molar-refractivity contribution in [2.75, 3.05) is 6.61 Å². The van der Waals surface area contributed by atoms with Crippen molar-refractivity contribution in [2.24, 2.45) is 0 Å². The van der Waals surface area contributed by atoms with Gasteiger partial charge in [0.15, 0.2) is 0 Å². The second kappa shape index (κ2) is 6.36. The predicted molar refractivity (Wildman–Crippen MR) is 74.0 cm³/mol. The Morgan fingerprint density at radius 2 is 2.41 bits per heavy atom. The van der Waals surface area contributed by atoms with Crippen molar-refractivity contribution in [3.63, 3.8) is 0 Å². The Morgan fingerprint density at radius 3 is 3.09 bits per heavy atom. The lowest BCUT2D eigenvalue weighted by Crippen LogP contribution is -2.16. The molecule has 22 heavy (non-hydrogen) atoms. The molecule has 1 saturated heterocycles. The summed E-state index contributed by atoms with van der Waals surface area (Å²) >= 11 is 1.02. The molecule has 1 atom stereocenters. The Balaban J connectivity index is 1.76. The minimum atomic E-state index is -0.675. The highest BCUT2D eigenvalue weighted by atomic mass is 32.2. The van der Waals surface area contributed by atoms with Crippen LogP contribution in [-0.2, 0) is 11.3 Å². The van der Waals surface area contributed by atoms with E-state index in [2.05, 4.69) is 15.5 Å². The molecule has 2 aromatic rings. The van der Waals surface area contributed by atoms with Gasteiger partial charge in [-0.3, -0.25) is 10.1 Å². The van der Waals surface area contributed by atoms with Gasteiger partial charge in [0.05, 0.1) is 28.5 Å². The van der Waals surface area contributed by atoms with Crippen LogP contribution in [0.1, 0.15) is 12.8 Å². The van der Waals surface area contributed by atoms with Gasteiger partial charge < -0.3 is 4.74 Å². The summed E-state index contributed by atoms with van der Waals surface area (Å²) in [5, 5.41) is 22.4. The van der Waals surface area contributed by atoms with Gasteiger partial charge >= 0.3 is 0 Å². The van der Waals surface area contributed by atoms with Crippen LogP contribution in [0.25, 0.3) is 0 Å². The molecule has 1 aromatic carbocycles. The monoisotopic (exact) mass is 325 g/mol. The predicted octanol–water partition coefficient (Wildman–Crippen LogP) is 2.05. The Bertz CT molecular complexity index is 689. The van der Waals surface area contributed by atoms with E-state index in [1.807, 2.05) is 0 Å². The maximum Gasteiger partial charge on any atom is 0.272 e. The van der Waals surface area contributed by atoms with E-state index in [0.29, 0.717) is 11.7 Å². The zero-order valence-corrected chi connectivity index (χ0v) is 12.2. The van der Waals surface area contributed by atoms with Crippen molar-refractivity contribution in [1.29, 1.82) is 0 Å². The normalized spacial score (nSPS) is 17.8. The largest absolute Gasteiger partial charge is 0.376 e. The average Bonchev–Trinajstić information content (AvgIpc) is 3.14. The molecular weight excluding hydrogens is 313 g/mol. The molecule has 0 bridgehead atoms. The molecule has 2 heterocycles. The number of non-ortho nitro benzene ring substituents is 1. The summed E-state index contributed by atoms with van der Waals surface area (Å²) in [6, 6.07) is 3.49. The highest BCUT2D eigenvalue weighted by Gasteiger charge is 2.20. The van der Waals surface area contributed by atoms with Gasteiger partial charge in [-0.15, -0.1) is 5.10 Å². The standard InChI is InChI=1S/C12H12FN5O3S/c13-10-6-8(18(19)20)3-4-11(10)22-12-14-15-16-17(12)7-9-2-1-5-21-9/h3-4,6,9H,1-2,5,7H2/t9-/m0/s1. The zero-order valence-electron chi connectivity index (χ0n) is 11.4. The number of benzene rings is 1. The number of tetrazole rings is 1. The number of rotatable bonds is 5. The fourth-order valence-corrected chi connectivity index (χ4v) is 2.93. The van der Waals surface area contributed by atoms with Gasteiger partial charge in [0.1, 0.15) is 5.82 Å². The molecule has 0 amide bonds. The second-order valence-corrected chi connectivity index (χ2v) is 5.76. The van der Waals surface area contributed by atoms with Crippen molar-refractivity contribution in [2.45, 2.75) is 35.5 Å². The molecule has 0 aliphatic carbocycles. The molecule has 0 spiro atoms. The molecule has 1 aliphatic rings. The van der Waals surface area contributed by atoms with Crippen LogP contribution in [0, 0.1) is 15.9 Å². The van der Waals surface area contributed by atoms with Crippen molar-refractivity contribution in [1.82, 2.24) is 20.2 Å². The van der Waals surface area contributed by atoms with Crippen molar-refractivity contribution >= 4 is 17.4 Å². The summed E-state index contributed by atoms with van der Waals surface area (Å²) in [6.45, 7) is 1.23. The first-order valence-corrected chi connectivity index (χ1v) is 7.44. The Morgan fingerprint density at radius 1 is 1.55 bits per heavy atom. The first kappa shape index (κ1) is 14.9. The maximum absolute atomic E-state index is 13.9. The molecule has 0 saturated carbocycles. The molecule has 0 N–H and O–H groups in total. The van der Waals surface area contributed by atoms with E-state index in [9.17, 15) is 14.5 Å². The Labute approximate surface area is 128 Å². The van der Waals surface area contributed by atoms with E-state index in [1.54, 1.807) is 4.68 Å². The molecule has 3 rings (SSSR count). The first-order valence-electron chi connectivity index (χ1n) is 6.63. The molecule has 0 unspecified atom stereocenters. The highest BCUT2D eigenvalue weighted by molar-refractivity contribution is 7.99. The summed E-state index contributed by atoms with van der Waals surface area (Å²) in [5.41, 5.74) is -0.291. The lowest BCUT2D eigenvalue weighted by molar-refractivity contribution is -0.385. The second-order valence-electron chi connectivity index (χ2n) is 4.75. The van der Waals surface area contributed by atoms with Crippen LogP contribution in [0.4, 0.5) is 10.1 Å². The quantitative estimate of drug-likeness (QED) is 0.613. The van der Waals surface area contributed by atoms with E-state index in [1.165, 1.54) is 12.1 Å². The first-order chi connectivity index (χ1) is 10.6. The number of nitro groups is 1. The maximum atomic E-state index is 13.9. The number of ether oxygens (including phenoxy) is 1. The minimum absolute atomic E-state index is 0.0598. The third-order valence-corrected chi connectivity index (χ3v) is 4.25. The fourth-order valence-electron chi connectivity index (χ4n) is 2.15. The minimum Gasteiger partial charge on any atom is -0.376 e. The van der Waals surface area contributed by atoms with Crippen LogP contribution in [-0.4, -0.2) is 37.8 Å². The molecule has 8 nitrogen and oxygen atoms in total. The molecular formula is C12H12FN5O3S. The lowest BCUT2D eigenvalue weighted by atomic mass is 10.2. The smallest absolute Gasteiger partial charge is 0.272 e. The zero-order chi connectivity index (χ0) is 15.5. The van der Waals surface area contributed by atoms with Crippen LogP contribution in [0.3, 0.4) is 0 Å². The third-order valence-electron chi connectivity index (χ3n) is 3.23. The van der Waals surface area contributed by atoms with Crippen molar-refractivity contribution in [3.8, 4) is 0 Å². The number of aromatic nitrogens is 4. The van der Waals surface area contributed by atoms with Gasteiger partial charge in [-0.25, -0.2) is 9.07 Å². The van der Waals surface area contributed by atoms with Gasteiger partial charge in [0, 0.05) is 12.7 Å². The van der Waals surface area contributed by atoms with Gasteiger partial charge in [0.25, 0.3) is 5.69 Å². The topological polar surface area (TPSA) is 96.0 Å². The van der Waals surface area contributed by atoms with Crippen molar-refractivity contribution in [3.05, 3.63) is 34.1 Å². The van der Waals surface area contributed by atoms with Crippen LogP contribution < -0.4 is 0 Å². The van der Waals surface area contributed by atoms with E-state index in [0.717, 1.165) is 37.3 Å². The van der Waals surface area contributed by atoms with Crippen LogP contribution in [0.15, 0.2) is 28.3 Å². The molecule has 1 aromatic heterocycles. The number of halogens is 1. The summed E-state index contributed by atoms with van der Waals surface area (Å²) in [7, 11) is 0. The van der Waals surface area contributed by atoms with Crippen LogP contribution in [0.2, 0.25) is 0 Å². The highest BCUT2D eigenvalue weighted by Crippen LogP contribution is 2.30. The SMILES string of the molecule is O=[N+]([O-])c1ccc(Sc2nnnn2C[C@@H]2CCCO2)c(F)c1. The summed E-state index contributed by atoms with van der Waals surface area (Å²) < 4.78 is 21.0. The van der Waals surface area contributed by atoms with E-state index >= 15 is 0 Å². The van der Waals surface area contributed by atoms with E-state index in [4.69, 9.17) is 4.74 Å². The number of hydrogen-bond donors (Lipinski definition) is 0. The molecule has 116 valence electrons. The lowest BCUT2D eigenvalue weighted by Gasteiger charge is -2.10. The van der Waals surface area contributed by atoms with Crippen LogP contribution in [0.5, 0.6) is 0 Å². The van der Waals surface area contributed by atoms with E-state index in [-0.39, 0.29) is 16.7 Å². The summed E-state index contributed by atoms with van der Waals surface area (Å²) in [4.78, 5) is 10.2. The number of nitro benzene ring substituents is 1. The Hall–Kier alpha value is -2.07. The third kappa shape index (κ3) is 3.22. The summed E-state index contributed by atoms with van der Waals surface area (Å²) in [6.07, 6.45) is 2.01. The number of nitrogens with zero attached hydrogens (tertiary/aromatic N) is 5. The Kier molecular flexibility index (Phi) is 4.29. The van der Waals surface area contributed by atoms with Crippen molar-refractivity contribution < 1.29 is 14.1 Å². The van der Waals surface area contributed by atoms with Gasteiger partial charge in [-0.1, -0.05) is 0 Å². The summed E-state index contributed by atoms with van der Waals surface area (Å²) in [5.74, 6) is -0.675. The average molecular weight is 325 g/mol. The molecule has 1 fully saturated rings. The van der Waals surface area contributed by atoms with Gasteiger partial charge in [-0.2, -0.15) is 0 Å². The molecule has 0 radical (unpaired) electrons.